The number of carbonyl (C=O) groups excluding carboxylic acids is 1. The van der Waals surface area contributed by atoms with E-state index in [9.17, 15) is 14.7 Å². The fraction of sp³-hybridized carbons (Fsp3) is 0.652. The Bertz CT molecular complexity index is 858. The third kappa shape index (κ3) is 3.63. The van der Waals surface area contributed by atoms with Crippen molar-refractivity contribution < 1.29 is 14.6 Å². The first-order chi connectivity index (χ1) is 14.6. The van der Waals surface area contributed by atoms with Crippen LogP contribution in [0, 0.1) is 17.8 Å². The molecule has 3 aliphatic heterocycles. The lowest BCUT2D eigenvalue weighted by Gasteiger charge is -2.40. The largest absolute Gasteiger partial charge is 0.396 e. The van der Waals surface area contributed by atoms with Crippen molar-refractivity contribution in [2.75, 3.05) is 32.9 Å². The molecule has 4 rings (SSSR count). The number of nitrogens with zero attached hydrogens (tertiary/aromatic N) is 2. The molecule has 1 aromatic heterocycles. The van der Waals surface area contributed by atoms with Gasteiger partial charge in [0.15, 0.2) is 0 Å². The van der Waals surface area contributed by atoms with Crippen LogP contribution in [0.3, 0.4) is 0 Å². The number of fused-ring (bicyclic) bond motifs is 4. The Morgan fingerprint density at radius 3 is 2.77 bits per heavy atom. The highest BCUT2D eigenvalue weighted by molar-refractivity contribution is 5.80. The summed E-state index contributed by atoms with van der Waals surface area (Å²) < 4.78 is 7.37. The highest BCUT2D eigenvalue weighted by Gasteiger charge is 2.55. The summed E-state index contributed by atoms with van der Waals surface area (Å²) in [6, 6.07) is 3.65. The lowest BCUT2D eigenvalue weighted by atomic mass is 9.86. The summed E-state index contributed by atoms with van der Waals surface area (Å²) in [6.45, 7) is 7.25. The average molecular weight is 416 g/mol. The second kappa shape index (κ2) is 9.04. The van der Waals surface area contributed by atoms with Crippen molar-refractivity contribution >= 4 is 12.0 Å². The number of hydrogen-bond acceptors (Lipinski definition) is 5. The Labute approximate surface area is 177 Å². The van der Waals surface area contributed by atoms with Gasteiger partial charge < -0.3 is 19.7 Å². The summed E-state index contributed by atoms with van der Waals surface area (Å²) in [5.74, 6) is -0.0672. The number of aliphatic hydroxyl groups excluding tert-OH is 1. The smallest absolute Gasteiger partial charge is 0.258 e. The third-order valence-corrected chi connectivity index (χ3v) is 7.01. The molecule has 0 spiro atoms. The van der Waals surface area contributed by atoms with E-state index in [-0.39, 0.29) is 42.0 Å². The van der Waals surface area contributed by atoms with Gasteiger partial charge in [-0.05, 0) is 44.7 Å². The number of hydrogen-bond donors (Lipinski definition) is 2. The number of allylic oxidation sites excluding steroid dienone is 1. The first-order valence-electron chi connectivity index (χ1n) is 11.2. The number of ether oxygens (including phenoxy) is 1. The summed E-state index contributed by atoms with van der Waals surface area (Å²) in [7, 11) is 0. The maximum atomic E-state index is 13.1. The van der Waals surface area contributed by atoms with Crippen LogP contribution < -0.4 is 10.9 Å². The maximum Gasteiger partial charge on any atom is 0.258 e. The lowest BCUT2D eigenvalue weighted by molar-refractivity contribution is -0.127. The molecule has 4 atom stereocenters. The van der Waals surface area contributed by atoms with E-state index in [1.807, 2.05) is 42.7 Å². The molecule has 30 heavy (non-hydrogen) atoms. The third-order valence-electron chi connectivity index (χ3n) is 7.01. The molecule has 7 heteroatoms. The number of amides is 1. The van der Waals surface area contributed by atoms with Gasteiger partial charge in [-0.1, -0.05) is 12.2 Å². The van der Waals surface area contributed by atoms with Gasteiger partial charge in [-0.2, -0.15) is 0 Å². The SMILES string of the molecule is C/C=C/c1ccc2n(c1=O)C[C@@H]1[C@@H](CO)[C@H](C(=O)NCC)[C@H]2N1CC1CCOCC1. The quantitative estimate of drug-likeness (QED) is 0.734. The number of pyridine rings is 1. The molecule has 0 unspecified atom stereocenters. The molecule has 2 fully saturated rings. The predicted octanol–water partition coefficient (Wildman–Crippen LogP) is 1.41. The van der Waals surface area contributed by atoms with Gasteiger partial charge in [0.2, 0.25) is 5.91 Å². The van der Waals surface area contributed by atoms with Crippen molar-refractivity contribution in [3.8, 4) is 0 Å². The van der Waals surface area contributed by atoms with E-state index >= 15 is 0 Å². The maximum absolute atomic E-state index is 13.1. The van der Waals surface area contributed by atoms with Gasteiger partial charge in [-0.15, -0.1) is 0 Å². The highest BCUT2D eigenvalue weighted by Crippen LogP contribution is 2.48. The summed E-state index contributed by atoms with van der Waals surface area (Å²) >= 11 is 0. The second-order valence-corrected chi connectivity index (χ2v) is 8.66. The Hall–Kier alpha value is -1.96. The van der Waals surface area contributed by atoms with Crippen LogP contribution >= 0.6 is 0 Å². The normalized spacial score (nSPS) is 29.3. The fourth-order valence-electron chi connectivity index (χ4n) is 5.62. The zero-order valence-electron chi connectivity index (χ0n) is 17.9. The van der Waals surface area contributed by atoms with E-state index in [0.29, 0.717) is 24.6 Å². The number of nitrogens with one attached hydrogen (secondary N) is 1. The molecule has 2 N–H and O–H groups in total. The van der Waals surface area contributed by atoms with E-state index in [0.717, 1.165) is 38.3 Å². The van der Waals surface area contributed by atoms with Crippen LogP contribution in [0.1, 0.15) is 44.0 Å². The van der Waals surface area contributed by atoms with Gasteiger partial charge in [0, 0.05) is 62.7 Å². The first kappa shape index (κ1) is 21.3. The van der Waals surface area contributed by atoms with Gasteiger partial charge in [0.25, 0.3) is 5.56 Å². The molecule has 7 nitrogen and oxygen atoms in total. The molecule has 2 bridgehead atoms. The van der Waals surface area contributed by atoms with E-state index in [1.54, 1.807) is 0 Å². The Morgan fingerprint density at radius 2 is 2.10 bits per heavy atom. The zero-order valence-corrected chi connectivity index (χ0v) is 17.9. The summed E-state index contributed by atoms with van der Waals surface area (Å²) in [5.41, 5.74) is 1.54. The van der Waals surface area contributed by atoms with E-state index in [1.165, 1.54) is 0 Å². The predicted molar refractivity (Wildman–Crippen MR) is 115 cm³/mol. The van der Waals surface area contributed by atoms with Crippen molar-refractivity contribution in [1.82, 2.24) is 14.8 Å². The average Bonchev–Trinajstić information content (AvgIpc) is 2.95. The van der Waals surface area contributed by atoms with E-state index < -0.39 is 0 Å². The van der Waals surface area contributed by atoms with Crippen molar-refractivity contribution in [3.63, 3.8) is 0 Å². The molecular weight excluding hydrogens is 382 g/mol. The van der Waals surface area contributed by atoms with Crippen LogP contribution in [-0.4, -0.2) is 59.4 Å². The number of aromatic nitrogens is 1. The monoisotopic (exact) mass is 415 g/mol. The summed E-state index contributed by atoms with van der Waals surface area (Å²) in [6.07, 6.45) is 5.72. The molecule has 3 aliphatic rings. The molecule has 2 saturated heterocycles. The van der Waals surface area contributed by atoms with Crippen LogP contribution in [0.25, 0.3) is 6.08 Å². The van der Waals surface area contributed by atoms with Crippen molar-refractivity contribution in [1.29, 1.82) is 0 Å². The molecule has 1 amide bonds. The Kier molecular flexibility index (Phi) is 6.41. The van der Waals surface area contributed by atoms with Gasteiger partial charge in [0.05, 0.1) is 12.0 Å². The summed E-state index contributed by atoms with van der Waals surface area (Å²) in [5, 5.41) is 13.3. The van der Waals surface area contributed by atoms with Crippen LogP contribution in [0.15, 0.2) is 23.0 Å². The Morgan fingerprint density at radius 1 is 1.33 bits per heavy atom. The topological polar surface area (TPSA) is 83.8 Å². The minimum absolute atomic E-state index is 0.0143. The van der Waals surface area contributed by atoms with Crippen LogP contribution in [0.4, 0.5) is 0 Å². The van der Waals surface area contributed by atoms with E-state index in [2.05, 4.69) is 10.2 Å². The minimum Gasteiger partial charge on any atom is -0.396 e. The fourth-order valence-corrected chi connectivity index (χ4v) is 5.62. The number of aliphatic hydroxyl groups is 1. The molecule has 0 radical (unpaired) electrons. The van der Waals surface area contributed by atoms with Crippen LogP contribution in [0.2, 0.25) is 0 Å². The van der Waals surface area contributed by atoms with Crippen molar-refractivity contribution in [3.05, 3.63) is 39.8 Å². The van der Waals surface area contributed by atoms with Crippen molar-refractivity contribution in [2.45, 2.75) is 45.3 Å². The molecule has 1 aromatic rings. The molecular formula is C23H33N3O4. The van der Waals surface area contributed by atoms with Gasteiger partial charge in [-0.25, -0.2) is 0 Å². The molecule has 0 aliphatic carbocycles. The number of carbonyl (C=O) groups is 1. The highest BCUT2D eigenvalue weighted by atomic mass is 16.5. The lowest BCUT2D eigenvalue weighted by Crippen LogP contribution is -2.48. The van der Waals surface area contributed by atoms with Crippen LogP contribution in [0.5, 0.6) is 0 Å². The minimum atomic E-state index is -0.361. The second-order valence-electron chi connectivity index (χ2n) is 8.66. The van der Waals surface area contributed by atoms with Gasteiger partial charge in [0.1, 0.15) is 0 Å². The van der Waals surface area contributed by atoms with Gasteiger partial charge in [-0.3, -0.25) is 14.5 Å². The summed E-state index contributed by atoms with van der Waals surface area (Å²) in [4.78, 5) is 28.6. The molecule has 4 heterocycles. The molecule has 0 aromatic carbocycles. The van der Waals surface area contributed by atoms with E-state index in [4.69, 9.17) is 4.74 Å². The number of rotatable bonds is 6. The first-order valence-corrected chi connectivity index (χ1v) is 11.2. The molecule has 0 saturated carbocycles. The Balaban J connectivity index is 1.77. The van der Waals surface area contributed by atoms with Crippen molar-refractivity contribution in [2.24, 2.45) is 17.8 Å². The zero-order chi connectivity index (χ0) is 21.3. The van der Waals surface area contributed by atoms with Gasteiger partial charge >= 0.3 is 0 Å². The standard InChI is InChI=1S/C23H33N3O4/c1-3-5-16-6-7-18-21-20(22(28)24-4-2)17(14-27)19(13-26(18)23(16)29)25(21)12-15-8-10-30-11-9-15/h3,5-7,15,17,19-21,27H,4,8-14H2,1-2H3,(H,24,28)/b5-3+/t17-,19-,20+,21+/m1/s1. The molecule has 164 valence electrons. The van der Waals surface area contributed by atoms with Crippen LogP contribution in [-0.2, 0) is 16.1 Å².